The highest BCUT2D eigenvalue weighted by atomic mass is 35.5. The number of carbonyl (C=O) groups excluding carboxylic acids is 1. The van der Waals surface area contributed by atoms with Gasteiger partial charge in [-0.2, -0.15) is 5.26 Å². The van der Waals surface area contributed by atoms with Crippen molar-refractivity contribution < 1.29 is 13.2 Å². The van der Waals surface area contributed by atoms with E-state index in [1.807, 2.05) is 6.07 Å². The summed E-state index contributed by atoms with van der Waals surface area (Å²) in [6.07, 6.45) is 0. The molecule has 0 aliphatic rings. The first kappa shape index (κ1) is 17.9. The molecule has 24 heavy (non-hydrogen) atoms. The highest BCUT2D eigenvalue weighted by Crippen LogP contribution is 2.14. The smallest absolute Gasteiger partial charge is 0.251 e. The Labute approximate surface area is 145 Å². The molecule has 0 unspecified atom stereocenters. The normalized spacial score (nSPS) is 10.8. The second kappa shape index (κ2) is 7.93. The van der Waals surface area contributed by atoms with E-state index >= 15 is 0 Å². The lowest BCUT2D eigenvalue weighted by molar-refractivity contribution is 0.0954. The van der Waals surface area contributed by atoms with Gasteiger partial charge in [0.2, 0.25) is 10.0 Å². The van der Waals surface area contributed by atoms with E-state index in [2.05, 4.69) is 10.0 Å². The number of halogens is 1. The molecule has 2 aromatic rings. The van der Waals surface area contributed by atoms with Crippen LogP contribution in [0.3, 0.4) is 0 Å². The van der Waals surface area contributed by atoms with Crippen LogP contribution >= 0.6 is 11.6 Å². The zero-order valence-electron chi connectivity index (χ0n) is 12.5. The summed E-state index contributed by atoms with van der Waals surface area (Å²) >= 11 is 5.77. The Balaban J connectivity index is 1.88. The molecule has 2 N–H and O–H groups in total. The van der Waals surface area contributed by atoms with Crippen molar-refractivity contribution >= 4 is 27.5 Å². The van der Waals surface area contributed by atoms with Gasteiger partial charge in [0.05, 0.1) is 16.5 Å². The van der Waals surface area contributed by atoms with Gasteiger partial charge in [-0.3, -0.25) is 4.79 Å². The second-order valence-electron chi connectivity index (χ2n) is 4.80. The summed E-state index contributed by atoms with van der Waals surface area (Å²) in [5.41, 5.74) is 0.719. The topological polar surface area (TPSA) is 99.1 Å². The minimum Gasteiger partial charge on any atom is -0.351 e. The van der Waals surface area contributed by atoms with Gasteiger partial charge in [-0.1, -0.05) is 23.7 Å². The summed E-state index contributed by atoms with van der Waals surface area (Å²) in [5, 5.41) is 11.7. The lowest BCUT2D eigenvalue weighted by Gasteiger charge is -2.08. The van der Waals surface area contributed by atoms with Crippen LogP contribution in [-0.4, -0.2) is 27.4 Å². The van der Waals surface area contributed by atoms with Crippen LogP contribution in [-0.2, 0) is 10.0 Å². The first-order chi connectivity index (χ1) is 11.4. The Morgan fingerprint density at radius 3 is 2.58 bits per heavy atom. The largest absolute Gasteiger partial charge is 0.351 e. The average Bonchev–Trinajstić information content (AvgIpc) is 2.58. The molecule has 0 aliphatic carbocycles. The van der Waals surface area contributed by atoms with E-state index in [-0.39, 0.29) is 23.9 Å². The summed E-state index contributed by atoms with van der Waals surface area (Å²) in [5.74, 6) is -0.381. The van der Waals surface area contributed by atoms with Gasteiger partial charge in [0.1, 0.15) is 0 Å². The summed E-state index contributed by atoms with van der Waals surface area (Å²) in [7, 11) is -3.68. The fourth-order valence-electron chi connectivity index (χ4n) is 1.91. The molecule has 0 saturated heterocycles. The fraction of sp³-hybridized carbons (Fsp3) is 0.125. The number of nitriles is 1. The van der Waals surface area contributed by atoms with Gasteiger partial charge in [-0.25, -0.2) is 13.1 Å². The molecule has 0 heterocycles. The Morgan fingerprint density at radius 1 is 1.12 bits per heavy atom. The Kier molecular flexibility index (Phi) is 5.93. The maximum atomic E-state index is 12.1. The summed E-state index contributed by atoms with van der Waals surface area (Å²) < 4.78 is 26.5. The van der Waals surface area contributed by atoms with Gasteiger partial charge in [-0.05, 0) is 36.4 Å². The highest BCUT2D eigenvalue weighted by molar-refractivity contribution is 7.89. The molecule has 1 amide bonds. The maximum Gasteiger partial charge on any atom is 0.251 e. The number of benzene rings is 2. The number of nitrogens with zero attached hydrogens (tertiary/aromatic N) is 1. The molecular weight excluding hydrogens is 350 g/mol. The third-order valence-corrected chi connectivity index (χ3v) is 4.76. The Hall–Kier alpha value is -2.40. The van der Waals surface area contributed by atoms with Crippen molar-refractivity contribution in [1.29, 1.82) is 5.26 Å². The van der Waals surface area contributed by atoms with Crippen molar-refractivity contribution in [1.82, 2.24) is 10.0 Å². The predicted octanol–water partition coefficient (Wildman–Crippen LogP) is 1.92. The van der Waals surface area contributed by atoms with Crippen molar-refractivity contribution in [2.24, 2.45) is 0 Å². The number of nitrogens with one attached hydrogen (secondary N) is 2. The van der Waals surface area contributed by atoms with Crippen LogP contribution in [0, 0.1) is 11.3 Å². The molecular formula is C16H14ClN3O3S. The minimum absolute atomic E-state index is 0.0263. The van der Waals surface area contributed by atoms with Crippen LogP contribution in [0.5, 0.6) is 0 Å². The van der Waals surface area contributed by atoms with Gasteiger partial charge >= 0.3 is 0 Å². The quantitative estimate of drug-likeness (QED) is 0.766. The maximum absolute atomic E-state index is 12.1. The lowest BCUT2D eigenvalue weighted by Crippen LogP contribution is -2.34. The monoisotopic (exact) mass is 363 g/mol. The van der Waals surface area contributed by atoms with E-state index in [1.54, 1.807) is 30.3 Å². The molecule has 6 nitrogen and oxygen atoms in total. The van der Waals surface area contributed by atoms with E-state index in [4.69, 9.17) is 16.9 Å². The standard InChI is InChI=1S/C16H14ClN3O3S/c17-14-5-2-6-15(10-14)24(22,23)20-8-7-19-16(21)13-4-1-3-12(9-13)11-18/h1-6,9-10,20H,7-8H2,(H,19,21). The summed E-state index contributed by atoms with van der Waals surface area (Å²) in [4.78, 5) is 12.0. The van der Waals surface area contributed by atoms with E-state index in [0.29, 0.717) is 16.1 Å². The molecule has 0 fully saturated rings. The van der Waals surface area contributed by atoms with Gasteiger partial charge in [-0.15, -0.1) is 0 Å². The molecule has 0 radical (unpaired) electrons. The molecule has 0 bridgehead atoms. The second-order valence-corrected chi connectivity index (χ2v) is 7.01. The average molecular weight is 364 g/mol. The minimum atomic E-state index is -3.68. The first-order valence-corrected chi connectivity index (χ1v) is 8.82. The lowest BCUT2D eigenvalue weighted by atomic mass is 10.1. The van der Waals surface area contributed by atoms with Crippen LogP contribution in [0.2, 0.25) is 5.02 Å². The molecule has 0 atom stereocenters. The zero-order valence-corrected chi connectivity index (χ0v) is 14.1. The van der Waals surface area contributed by atoms with E-state index in [0.717, 1.165) is 0 Å². The molecule has 0 aromatic heterocycles. The third-order valence-electron chi connectivity index (χ3n) is 3.06. The zero-order chi connectivity index (χ0) is 17.6. The number of hydrogen-bond donors (Lipinski definition) is 2. The highest BCUT2D eigenvalue weighted by Gasteiger charge is 2.13. The van der Waals surface area contributed by atoms with Crippen LogP contribution in [0.1, 0.15) is 15.9 Å². The molecule has 0 spiro atoms. The van der Waals surface area contributed by atoms with Gasteiger partial charge in [0.15, 0.2) is 0 Å². The summed E-state index contributed by atoms with van der Waals surface area (Å²) in [6, 6.07) is 14.1. The predicted molar refractivity (Wildman–Crippen MR) is 90.1 cm³/mol. The van der Waals surface area contributed by atoms with Crippen molar-refractivity contribution in [3.63, 3.8) is 0 Å². The van der Waals surface area contributed by atoms with Crippen LogP contribution < -0.4 is 10.0 Å². The van der Waals surface area contributed by atoms with E-state index < -0.39 is 10.0 Å². The van der Waals surface area contributed by atoms with E-state index in [1.165, 1.54) is 18.2 Å². The number of sulfonamides is 1. The van der Waals surface area contributed by atoms with Gasteiger partial charge in [0, 0.05) is 23.7 Å². The first-order valence-electron chi connectivity index (χ1n) is 6.96. The summed E-state index contributed by atoms with van der Waals surface area (Å²) in [6.45, 7) is 0.133. The molecule has 0 aliphatic heterocycles. The van der Waals surface area contributed by atoms with E-state index in [9.17, 15) is 13.2 Å². The molecule has 124 valence electrons. The Bertz CT molecular complexity index is 891. The van der Waals surface area contributed by atoms with Crippen LogP contribution in [0.15, 0.2) is 53.4 Å². The van der Waals surface area contributed by atoms with Crippen molar-refractivity contribution in [2.45, 2.75) is 4.90 Å². The number of rotatable bonds is 6. The third kappa shape index (κ3) is 4.80. The fourth-order valence-corrected chi connectivity index (χ4v) is 3.24. The van der Waals surface area contributed by atoms with Crippen molar-refractivity contribution in [3.8, 4) is 6.07 Å². The molecule has 2 rings (SSSR count). The number of carbonyl (C=O) groups is 1. The van der Waals surface area contributed by atoms with Crippen LogP contribution in [0.4, 0.5) is 0 Å². The van der Waals surface area contributed by atoms with Gasteiger partial charge in [0.25, 0.3) is 5.91 Å². The van der Waals surface area contributed by atoms with Crippen molar-refractivity contribution in [3.05, 3.63) is 64.7 Å². The SMILES string of the molecule is N#Cc1cccc(C(=O)NCCNS(=O)(=O)c2cccc(Cl)c2)c1. The molecule has 2 aromatic carbocycles. The number of amides is 1. The molecule has 8 heteroatoms. The van der Waals surface area contributed by atoms with Crippen molar-refractivity contribution in [2.75, 3.05) is 13.1 Å². The van der Waals surface area contributed by atoms with Crippen LogP contribution in [0.25, 0.3) is 0 Å². The number of hydrogen-bond acceptors (Lipinski definition) is 4. The molecule has 0 saturated carbocycles. The Morgan fingerprint density at radius 2 is 1.88 bits per heavy atom. The van der Waals surface area contributed by atoms with Gasteiger partial charge < -0.3 is 5.32 Å².